The predicted octanol–water partition coefficient (Wildman–Crippen LogP) is 2.48. The number of nitrogens with one attached hydrogen (secondary N) is 1. The number of carbonyl (C=O) groups is 1. The lowest BCUT2D eigenvalue weighted by molar-refractivity contribution is -0.126. The highest BCUT2D eigenvalue weighted by Crippen LogP contribution is 2.23. The van der Waals surface area contributed by atoms with Crippen LogP contribution in [0.15, 0.2) is 0 Å². The summed E-state index contributed by atoms with van der Waals surface area (Å²) in [5, 5.41) is 3.03. The van der Waals surface area contributed by atoms with E-state index >= 15 is 0 Å². The van der Waals surface area contributed by atoms with Crippen LogP contribution in [0.5, 0.6) is 0 Å². The van der Waals surface area contributed by atoms with Crippen molar-refractivity contribution in [1.29, 1.82) is 0 Å². The minimum atomic E-state index is 0. The first kappa shape index (κ1) is 16.7. The fourth-order valence-electron chi connectivity index (χ4n) is 2.33. The van der Waals surface area contributed by atoms with Gasteiger partial charge in [0, 0.05) is 18.5 Å². The number of hydrogen-bond donors (Lipinski definition) is 2. The number of carbonyl (C=O) groups excluding carboxylic acids is 1. The third-order valence-electron chi connectivity index (χ3n) is 3.34. The Hall–Kier alpha value is -0.280. The summed E-state index contributed by atoms with van der Waals surface area (Å²) >= 11 is 0. The maximum Gasteiger partial charge on any atom is 0.223 e. The topological polar surface area (TPSA) is 55.1 Å². The van der Waals surface area contributed by atoms with Gasteiger partial charge in [0.1, 0.15) is 0 Å². The van der Waals surface area contributed by atoms with Gasteiger partial charge in [-0.3, -0.25) is 4.79 Å². The number of amides is 1. The fourth-order valence-corrected chi connectivity index (χ4v) is 2.33. The third-order valence-corrected chi connectivity index (χ3v) is 3.34. The molecule has 17 heavy (non-hydrogen) atoms. The van der Waals surface area contributed by atoms with Crippen molar-refractivity contribution in [2.75, 3.05) is 6.54 Å². The molecule has 0 spiro atoms. The third kappa shape index (κ3) is 6.89. The van der Waals surface area contributed by atoms with Crippen molar-refractivity contribution >= 4 is 18.3 Å². The minimum absolute atomic E-state index is 0. The SMILES string of the molecule is CC(C)CCCNC(=O)C1CCCC(N)C1.Cl. The molecule has 102 valence electrons. The molecule has 2 unspecified atom stereocenters. The van der Waals surface area contributed by atoms with Gasteiger partial charge in [-0.1, -0.05) is 20.3 Å². The second-order valence-electron chi connectivity index (χ2n) is 5.45. The van der Waals surface area contributed by atoms with Crippen LogP contribution in [-0.4, -0.2) is 18.5 Å². The zero-order chi connectivity index (χ0) is 12.0. The Labute approximate surface area is 111 Å². The highest BCUT2D eigenvalue weighted by atomic mass is 35.5. The van der Waals surface area contributed by atoms with Crippen molar-refractivity contribution in [2.45, 2.75) is 58.4 Å². The van der Waals surface area contributed by atoms with Crippen LogP contribution in [0.2, 0.25) is 0 Å². The Balaban J connectivity index is 0.00000256. The van der Waals surface area contributed by atoms with Crippen LogP contribution in [0.25, 0.3) is 0 Å². The highest BCUT2D eigenvalue weighted by molar-refractivity contribution is 5.85. The van der Waals surface area contributed by atoms with Crippen molar-refractivity contribution in [3.05, 3.63) is 0 Å². The summed E-state index contributed by atoms with van der Waals surface area (Å²) in [7, 11) is 0. The quantitative estimate of drug-likeness (QED) is 0.748. The summed E-state index contributed by atoms with van der Waals surface area (Å²) < 4.78 is 0. The molecule has 0 radical (unpaired) electrons. The van der Waals surface area contributed by atoms with Crippen molar-refractivity contribution in [3.8, 4) is 0 Å². The Morgan fingerprint density at radius 1 is 1.41 bits per heavy atom. The summed E-state index contributed by atoms with van der Waals surface area (Å²) in [6, 6.07) is 0.236. The second kappa shape index (κ2) is 8.76. The first-order valence-corrected chi connectivity index (χ1v) is 6.63. The standard InChI is InChI=1S/C13H26N2O.ClH/c1-10(2)5-4-8-15-13(16)11-6-3-7-12(14)9-11;/h10-12H,3-9,14H2,1-2H3,(H,15,16);1H. The predicted molar refractivity (Wildman–Crippen MR) is 74.3 cm³/mol. The molecule has 1 fully saturated rings. The van der Waals surface area contributed by atoms with Crippen LogP contribution < -0.4 is 11.1 Å². The molecule has 4 heteroatoms. The average Bonchev–Trinajstić information content (AvgIpc) is 2.24. The van der Waals surface area contributed by atoms with Gasteiger partial charge in [0.05, 0.1) is 0 Å². The Morgan fingerprint density at radius 3 is 2.71 bits per heavy atom. The molecule has 0 saturated heterocycles. The summed E-state index contributed by atoms with van der Waals surface area (Å²) in [5.74, 6) is 1.11. The van der Waals surface area contributed by atoms with E-state index in [9.17, 15) is 4.79 Å². The molecule has 1 rings (SSSR count). The monoisotopic (exact) mass is 262 g/mol. The van der Waals surface area contributed by atoms with Gasteiger partial charge in [0.2, 0.25) is 5.91 Å². The van der Waals surface area contributed by atoms with Crippen LogP contribution in [0, 0.1) is 11.8 Å². The molecule has 2 atom stereocenters. The Bertz CT molecular complexity index is 221. The molecule has 0 aromatic heterocycles. The van der Waals surface area contributed by atoms with E-state index in [0.29, 0.717) is 0 Å². The van der Waals surface area contributed by atoms with Crippen LogP contribution in [0.1, 0.15) is 52.4 Å². The van der Waals surface area contributed by atoms with Crippen LogP contribution in [0.3, 0.4) is 0 Å². The van der Waals surface area contributed by atoms with Crippen LogP contribution in [-0.2, 0) is 4.79 Å². The van der Waals surface area contributed by atoms with Crippen molar-refractivity contribution in [3.63, 3.8) is 0 Å². The number of hydrogen-bond acceptors (Lipinski definition) is 2. The molecule has 0 heterocycles. The summed E-state index contributed by atoms with van der Waals surface area (Å²) in [6.07, 6.45) is 6.34. The van der Waals surface area contributed by atoms with Crippen molar-refractivity contribution in [1.82, 2.24) is 5.32 Å². The highest BCUT2D eigenvalue weighted by Gasteiger charge is 2.24. The number of nitrogens with two attached hydrogens (primary N) is 1. The first-order chi connectivity index (χ1) is 7.59. The molecule has 0 bridgehead atoms. The van der Waals surface area contributed by atoms with Crippen molar-refractivity contribution < 1.29 is 4.79 Å². The zero-order valence-electron chi connectivity index (χ0n) is 11.1. The summed E-state index contributed by atoms with van der Waals surface area (Å²) in [4.78, 5) is 11.8. The molecule has 3 nitrogen and oxygen atoms in total. The lowest BCUT2D eigenvalue weighted by Gasteiger charge is -2.25. The van der Waals surface area contributed by atoms with Crippen molar-refractivity contribution in [2.24, 2.45) is 17.6 Å². The van der Waals surface area contributed by atoms with Crippen LogP contribution >= 0.6 is 12.4 Å². The number of halogens is 1. The van der Waals surface area contributed by atoms with Gasteiger partial charge in [-0.25, -0.2) is 0 Å². The van der Waals surface area contributed by atoms with E-state index < -0.39 is 0 Å². The maximum atomic E-state index is 11.8. The van der Waals surface area contributed by atoms with Gasteiger partial charge in [-0.2, -0.15) is 0 Å². The Morgan fingerprint density at radius 2 is 2.12 bits per heavy atom. The maximum absolute atomic E-state index is 11.8. The van der Waals surface area contributed by atoms with Crippen LogP contribution in [0.4, 0.5) is 0 Å². The number of rotatable bonds is 5. The van der Waals surface area contributed by atoms with E-state index in [4.69, 9.17) is 5.73 Å². The molecule has 0 aromatic rings. The minimum Gasteiger partial charge on any atom is -0.356 e. The van der Waals surface area contributed by atoms with Gasteiger partial charge in [0.15, 0.2) is 0 Å². The average molecular weight is 263 g/mol. The summed E-state index contributed by atoms with van der Waals surface area (Å²) in [6.45, 7) is 5.24. The molecule has 1 aliphatic carbocycles. The normalized spacial score (nSPS) is 24.2. The summed E-state index contributed by atoms with van der Waals surface area (Å²) in [5.41, 5.74) is 5.88. The lowest BCUT2D eigenvalue weighted by Crippen LogP contribution is -2.38. The van der Waals surface area contributed by atoms with E-state index in [2.05, 4.69) is 19.2 Å². The molecule has 0 aromatic carbocycles. The smallest absolute Gasteiger partial charge is 0.223 e. The molecular weight excluding hydrogens is 236 g/mol. The van der Waals surface area contributed by atoms with Gasteiger partial charge in [-0.05, 0) is 38.0 Å². The van der Waals surface area contributed by atoms with E-state index in [-0.39, 0.29) is 30.3 Å². The largest absolute Gasteiger partial charge is 0.356 e. The van der Waals surface area contributed by atoms with Gasteiger partial charge in [0.25, 0.3) is 0 Å². The molecule has 1 saturated carbocycles. The second-order valence-corrected chi connectivity index (χ2v) is 5.45. The fraction of sp³-hybridized carbons (Fsp3) is 0.923. The van der Waals surface area contributed by atoms with E-state index in [1.807, 2.05) is 0 Å². The zero-order valence-corrected chi connectivity index (χ0v) is 11.9. The lowest BCUT2D eigenvalue weighted by atomic mass is 9.85. The van der Waals surface area contributed by atoms with Gasteiger partial charge in [-0.15, -0.1) is 12.4 Å². The molecule has 1 amide bonds. The van der Waals surface area contributed by atoms with E-state index in [1.165, 1.54) is 6.42 Å². The molecule has 0 aliphatic heterocycles. The Kier molecular flexibility index (Phi) is 8.61. The van der Waals surface area contributed by atoms with E-state index in [1.54, 1.807) is 0 Å². The molecule has 3 N–H and O–H groups in total. The first-order valence-electron chi connectivity index (χ1n) is 6.63. The molecular formula is C13H27ClN2O. The van der Waals surface area contributed by atoms with Gasteiger partial charge < -0.3 is 11.1 Å². The molecule has 1 aliphatic rings. The van der Waals surface area contributed by atoms with Gasteiger partial charge >= 0.3 is 0 Å². The van der Waals surface area contributed by atoms with E-state index in [0.717, 1.165) is 44.6 Å².